The van der Waals surface area contributed by atoms with E-state index in [0.717, 1.165) is 16.5 Å². The van der Waals surface area contributed by atoms with E-state index in [1.165, 1.54) is 4.90 Å². The van der Waals surface area contributed by atoms with Crippen molar-refractivity contribution in [1.29, 1.82) is 0 Å². The number of hydrogen-bond donors (Lipinski definition) is 1. The van der Waals surface area contributed by atoms with Crippen LogP contribution in [0.4, 0.5) is 23.2 Å². The molecule has 3 aromatic rings. The molecule has 2 aromatic carbocycles. The highest BCUT2D eigenvalue weighted by Crippen LogP contribution is 2.54. The zero-order valence-corrected chi connectivity index (χ0v) is 28.9. The summed E-state index contributed by atoms with van der Waals surface area (Å²) < 4.78 is 94.9. The van der Waals surface area contributed by atoms with Crippen LogP contribution in [0.3, 0.4) is 0 Å². The molecule has 51 heavy (non-hydrogen) atoms. The van der Waals surface area contributed by atoms with Crippen LogP contribution < -0.4 is 9.47 Å². The number of allylic oxidation sites excluding steroid dienone is 3. The second-order valence-corrected chi connectivity index (χ2v) is 14.4. The highest BCUT2D eigenvalue weighted by Gasteiger charge is 2.49. The molecule has 5 rings (SSSR count). The summed E-state index contributed by atoms with van der Waals surface area (Å²) in [7, 11) is -2.40. The molecule has 0 aliphatic carbocycles. The lowest BCUT2D eigenvalue weighted by Gasteiger charge is -2.30. The summed E-state index contributed by atoms with van der Waals surface area (Å²) in [4.78, 5) is 42.0. The van der Waals surface area contributed by atoms with Gasteiger partial charge >= 0.3 is 5.97 Å². The van der Waals surface area contributed by atoms with E-state index < -0.39 is 73.6 Å². The van der Waals surface area contributed by atoms with Gasteiger partial charge in [-0.05, 0) is 50.3 Å². The van der Waals surface area contributed by atoms with Crippen molar-refractivity contribution in [3.8, 4) is 0 Å². The summed E-state index contributed by atoms with van der Waals surface area (Å²) in [5, 5.41) is 1.38. The number of para-hydroxylation sites is 1. The van der Waals surface area contributed by atoms with Crippen LogP contribution in [0.1, 0.15) is 75.8 Å². The average molecular weight is 733 g/mol. The zero-order valence-electron chi connectivity index (χ0n) is 28.1. The molecule has 1 saturated heterocycles. The average Bonchev–Trinajstić information content (AvgIpc) is 3.53. The van der Waals surface area contributed by atoms with Gasteiger partial charge in [0.25, 0.3) is 21.9 Å². The normalized spacial score (nSPS) is 18.5. The number of pyridine rings is 1. The Bertz CT molecular complexity index is 2040. The van der Waals surface area contributed by atoms with Crippen LogP contribution in [0, 0.1) is 23.3 Å². The van der Waals surface area contributed by atoms with Crippen LogP contribution in [0.5, 0.6) is 0 Å². The van der Waals surface area contributed by atoms with Crippen molar-refractivity contribution in [3.63, 3.8) is 0 Å². The minimum Gasteiger partial charge on any atom is -0.341 e. The van der Waals surface area contributed by atoms with Gasteiger partial charge in [0, 0.05) is 54.6 Å². The van der Waals surface area contributed by atoms with Crippen molar-refractivity contribution >= 4 is 50.6 Å². The Kier molecular flexibility index (Phi) is 11.3. The largest absolute Gasteiger partial charge is 0.341 e. The van der Waals surface area contributed by atoms with Crippen molar-refractivity contribution in [2.75, 3.05) is 17.2 Å². The highest BCUT2D eigenvalue weighted by molar-refractivity contribution is 7.85. The number of aryl methyl sites for hydroxylation is 1. The third-order valence-corrected chi connectivity index (χ3v) is 10.1. The van der Waals surface area contributed by atoms with Crippen molar-refractivity contribution in [2.24, 2.45) is 7.05 Å². The Morgan fingerprint density at radius 1 is 0.961 bits per heavy atom. The van der Waals surface area contributed by atoms with Crippen LogP contribution in [-0.2, 0) is 41.8 Å². The van der Waals surface area contributed by atoms with Crippen molar-refractivity contribution in [3.05, 3.63) is 88.8 Å². The maximum atomic E-state index is 15.8. The van der Waals surface area contributed by atoms with Crippen LogP contribution in [0.25, 0.3) is 17.0 Å². The van der Waals surface area contributed by atoms with Gasteiger partial charge in [0.05, 0.1) is 16.8 Å². The first-order valence-corrected chi connectivity index (χ1v) is 18.2. The molecule has 2 amide bonds. The zero-order chi connectivity index (χ0) is 37.1. The van der Waals surface area contributed by atoms with E-state index in [1.807, 2.05) is 48.1 Å². The summed E-state index contributed by atoms with van der Waals surface area (Å²) in [5.41, 5.74) is -0.223. The van der Waals surface area contributed by atoms with Gasteiger partial charge in [0.15, 0.2) is 29.5 Å². The van der Waals surface area contributed by atoms with Gasteiger partial charge in [-0.25, -0.2) is 26.9 Å². The van der Waals surface area contributed by atoms with Gasteiger partial charge in [-0.3, -0.25) is 14.1 Å². The third-order valence-electron chi connectivity index (χ3n) is 9.31. The van der Waals surface area contributed by atoms with Crippen LogP contribution in [0.2, 0.25) is 0 Å². The Hall–Kier alpha value is -4.63. The van der Waals surface area contributed by atoms with Crippen molar-refractivity contribution in [1.82, 2.24) is 5.06 Å². The molecular formula is C36H38F4N3O7S+. The predicted molar refractivity (Wildman–Crippen MR) is 179 cm³/mol. The van der Waals surface area contributed by atoms with E-state index in [4.69, 9.17) is 4.84 Å². The molecule has 10 nitrogen and oxygen atoms in total. The number of hydroxylamine groups is 2. The molecule has 272 valence electrons. The number of imide groups is 1. The molecule has 1 fully saturated rings. The molecule has 1 N–H and O–H groups in total. The molecule has 1 aromatic heterocycles. The molecule has 0 bridgehead atoms. The number of fused-ring (bicyclic) bond motifs is 2. The van der Waals surface area contributed by atoms with E-state index in [9.17, 15) is 36.1 Å². The summed E-state index contributed by atoms with van der Waals surface area (Å²) in [6.45, 7) is 1.48. The number of nitrogens with zero attached hydrogens (tertiary/aromatic N) is 3. The number of rotatable bonds is 14. The maximum absolute atomic E-state index is 15.8. The van der Waals surface area contributed by atoms with Crippen LogP contribution in [0.15, 0.2) is 54.4 Å². The number of carbonyl (C=O) groups is 3. The topological polar surface area (TPSA) is 125 Å². The minimum atomic E-state index is -4.30. The fraction of sp³-hybridized carbons (Fsp3) is 0.389. The van der Waals surface area contributed by atoms with Gasteiger partial charge in [0.2, 0.25) is 5.52 Å². The molecule has 0 spiro atoms. The fourth-order valence-electron chi connectivity index (χ4n) is 6.74. The van der Waals surface area contributed by atoms with Gasteiger partial charge in [-0.2, -0.15) is 8.42 Å². The van der Waals surface area contributed by atoms with E-state index in [1.54, 1.807) is 25.2 Å². The van der Waals surface area contributed by atoms with Gasteiger partial charge in [0.1, 0.15) is 7.05 Å². The van der Waals surface area contributed by atoms with E-state index in [2.05, 4.69) is 0 Å². The highest BCUT2D eigenvalue weighted by atomic mass is 32.2. The molecule has 1 unspecified atom stereocenters. The predicted octanol–water partition coefficient (Wildman–Crippen LogP) is 6.12. The number of hydrogen-bond acceptors (Lipinski definition) is 7. The van der Waals surface area contributed by atoms with Crippen molar-refractivity contribution in [2.45, 2.75) is 70.1 Å². The van der Waals surface area contributed by atoms with Gasteiger partial charge < -0.3 is 9.74 Å². The number of carbonyl (C=O) groups excluding carboxylic acids is 3. The summed E-state index contributed by atoms with van der Waals surface area (Å²) in [5.74, 6) is -9.67. The molecule has 2 aliphatic rings. The Balaban J connectivity index is 1.46. The smallest absolute Gasteiger partial charge is 0.333 e. The molecular weight excluding hydrogens is 694 g/mol. The Morgan fingerprint density at radius 3 is 2.35 bits per heavy atom. The number of benzene rings is 2. The second kappa shape index (κ2) is 15.3. The molecule has 15 heteroatoms. The number of aromatic nitrogens is 1. The molecule has 1 atom stereocenters. The van der Waals surface area contributed by atoms with Crippen molar-refractivity contribution < 1.29 is 54.3 Å². The molecule has 0 radical (unpaired) electrons. The number of unbranched alkanes of at least 4 members (excludes halogenated alkanes) is 3. The van der Waals surface area contributed by atoms with Crippen LogP contribution in [-0.4, -0.2) is 48.1 Å². The fourth-order valence-corrected chi connectivity index (χ4v) is 7.31. The first-order chi connectivity index (χ1) is 24.1. The van der Waals surface area contributed by atoms with E-state index in [-0.39, 0.29) is 51.5 Å². The van der Waals surface area contributed by atoms with E-state index >= 15 is 8.78 Å². The van der Waals surface area contributed by atoms with Gasteiger partial charge in [-0.15, -0.1) is 5.06 Å². The lowest BCUT2D eigenvalue weighted by Crippen LogP contribution is -2.32. The Labute approximate surface area is 292 Å². The number of halogens is 4. The SMILES string of the molecule is C[n+]1ccc(C=CC=C2N(CCCCS(=O)(=O)O)c3c(F)c(F)c(F)c(F)c3C2(C)CCCCCC(=O)ON2C(=O)CCC2=O)c2ccccc21. The number of anilines is 1. The van der Waals surface area contributed by atoms with Crippen LogP contribution >= 0.6 is 0 Å². The molecule has 2 aliphatic heterocycles. The third kappa shape index (κ3) is 7.99. The van der Waals surface area contributed by atoms with Gasteiger partial charge in [-0.1, -0.05) is 37.1 Å². The summed E-state index contributed by atoms with van der Waals surface area (Å²) in [6, 6.07) is 9.56. The monoisotopic (exact) mass is 732 g/mol. The summed E-state index contributed by atoms with van der Waals surface area (Å²) in [6.07, 6.45) is 7.78. The Morgan fingerprint density at radius 2 is 1.65 bits per heavy atom. The lowest BCUT2D eigenvalue weighted by molar-refractivity contribution is -0.644. The summed E-state index contributed by atoms with van der Waals surface area (Å²) >= 11 is 0. The van der Waals surface area contributed by atoms with E-state index in [0.29, 0.717) is 23.6 Å². The maximum Gasteiger partial charge on any atom is 0.333 e. The number of amides is 2. The lowest BCUT2D eigenvalue weighted by atomic mass is 9.76. The molecule has 0 saturated carbocycles. The first-order valence-electron chi connectivity index (χ1n) is 16.6. The first kappa shape index (κ1) is 37.6. The quantitative estimate of drug-likeness (QED) is 0.0400. The standard InChI is InChI=1S/C36H37F4N3O7S/c1-36(19-7-3-4-15-29(46)50-43-27(44)16-17-28(43)45)26(14-10-11-23-18-21-41(2)25-13-6-5-12-24(23)25)42(20-8-9-22-51(47,48)49)35-30(36)31(37)32(38)33(39)34(35)40/h5-6,10-14,18,21H,3-4,7-9,15-17,19-20,22H2,1-2H3/p+1. The minimum absolute atomic E-state index is 0.0446. The molecule has 3 heterocycles. The second-order valence-electron chi connectivity index (χ2n) is 12.9.